The first kappa shape index (κ1) is 13.8. The lowest BCUT2D eigenvalue weighted by atomic mass is 9.83. The summed E-state index contributed by atoms with van der Waals surface area (Å²) in [6.07, 6.45) is 8.56. The molecule has 1 atom stereocenters. The topological polar surface area (TPSA) is 26.0 Å². The van der Waals surface area contributed by atoms with Gasteiger partial charge in [0.2, 0.25) is 0 Å². The Morgan fingerprint density at radius 1 is 1.11 bits per heavy atom. The highest BCUT2D eigenvalue weighted by atomic mass is 35.5. The van der Waals surface area contributed by atoms with Crippen LogP contribution in [0.15, 0.2) is 18.2 Å². The predicted molar refractivity (Wildman–Crippen MR) is 74.1 cm³/mol. The van der Waals surface area contributed by atoms with E-state index in [2.05, 4.69) is 0 Å². The molecule has 0 aliphatic heterocycles. The van der Waals surface area contributed by atoms with E-state index < -0.39 is 0 Å². The number of rotatable bonds is 2. The van der Waals surface area contributed by atoms with Gasteiger partial charge in [-0.25, -0.2) is 4.39 Å². The predicted octanol–water partition coefficient (Wildman–Crippen LogP) is 4.84. The van der Waals surface area contributed by atoms with Crippen molar-refractivity contribution in [3.63, 3.8) is 0 Å². The lowest BCUT2D eigenvalue weighted by Gasteiger charge is -2.26. The summed E-state index contributed by atoms with van der Waals surface area (Å²) in [5.74, 6) is 0.137. The summed E-state index contributed by atoms with van der Waals surface area (Å²) in [7, 11) is 0. The number of hydrogen-bond donors (Lipinski definition) is 1. The van der Waals surface area contributed by atoms with Crippen molar-refractivity contribution >= 4 is 11.6 Å². The average molecular weight is 270 g/mol. The Morgan fingerprint density at radius 3 is 2.33 bits per heavy atom. The minimum absolute atomic E-state index is 0.194. The fraction of sp³-hybridized carbons (Fsp3) is 0.600. The third-order valence-electron chi connectivity index (χ3n) is 3.98. The first-order valence-electron chi connectivity index (χ1n) is 6.89. The third-order valence-corrected chi connectivity index (χ3v) is 4.21. The van der Waals surface area contributed by atoms with E-state index in [1.165, 1.54) is 38.2 Å². The van der Waals surface area contributed by atoms with Crippen molar-refractivity contribution in [3.8, 4) is 0 Å². The van der Waals surface area contributed by atoms with Gasteiger partial charge in [0.1, 0.15) is 5.82 Å². The minimum Gasteiger partial charge on any atom is -0.324 e. The van der Waals surface area contributed by atoms with Crippen molar-refractivity contribution in [1.29, 1.82) is 0 Å². The standard InChI is InChI=1S/C15H21ClFN/c16-12-8-9-13(14(17)10-12)15(18)11-6-4-2-1-3-5-7-11/h8-11,15H,1-7,18H2. The van der Waals surface area contributed by atoms with Gasteiger partial charge in [-0.2, -0.15) is 0 Å². The van der Waals surface area contributed by atoms with E-state index in [-0.39, 0.29) is 11.9 Å². The van der Waals surface area contributed by atoms with E-state index in [0.717, 1.165) is 12.8 Å². The van der Waals surface area contributed by atoms with Crippen LogP contribution in [0.3, 0.4) is 0 Å². The van der Waals surface area contributed by atoms with Gasteiger partial charge >= 0.3 is 0 Å². The Kier molecular flexibility index (Phi) is 5.02. The second-order valence-electron chi connectivity index (χ2n) is 5.30. The Balaban J connectivity index is 2.10. The fourth-order valence-electron chi connectivity index (χ4n) is 2.87. The molecule has 0 radical (unpaired) electrons. The van der Waals surface area contributed by atoms with Crippen molar-refractivity contribution in [2.75, 3.05) is 0 Å². The SMILES string of the molecule is NC(c1ccc(Cl)cc1F)C1CCCCCCC1. The lowest BCUT2D eigenvalue weighted by Crippen LogP contribution is -2.23. The van der Waals surface area contributed by atoms with Crippen LogP contribution in [0.2, 0.25) is 5.02 Å². The fourth-order valence-corrected chi connectivity index (χ4v) is 3.03. The van der Waals surface area contributed by atoms with Crippen LogP contribution in [0.25, 0.3) is 0 Å². The smallest absolute Gasteiger partial charge is 0.129 e. The molecule has 2 rings (SSSR count). The highest BCUT2D eigenvalue weighted by molar-refractivity contribution is 6.30. The van der Waals surface area contributed by atoms with Gasteiger partial charge in [-0.05, 0) is 30.9 Å². The summed E-state index contributed by atoms with van der Waals surface area (Å²) in [4.78, 5) is 0. The first-order valence-corrected chi connectivity index (χ1v) is 7.27. The van der Waals surface area contributed by atoms with Crippen LogP contribution < -0.4 is 5.73 Å². The normalized spacial score (nSPS) is 20.2. The second-order valence-corrected chi connectivity index (χ2v) is 5.73. The van der Waals surface area contributed by atoms with Crippen LogP contribution in [0, 0.1) is 11.7 Å². The first-order chi connectivity index (χ1) is 8.68. The van der Waals surface area contributed by atoms with Gasteiger partial charge in [-0.1, -0.05) is 49.8 Å². The van der Waals surface area contributed by atoms with E-state index in [4.69, 9.17) is 17.3 Å². The number of nitrogens with two attached hydrogens (primary N) is 1. The molecule has 1 aliphatic rings. The maximum absolute atomic E-state index is 13.9. The summed E-state index contributed by atoms with van der Waals surface area (Å²) in [5.41, 5.74) is 6.87. The molecule has 1 aromatic carbocycles. The van der Waals surface area contributed by atoms with Crippen molar-refractivity contribution < 1.29 is 4.39 Å². The summed E-state index contributed by atoms with van der Waals surface area (Å²) >= 11 is 5.77. The van der Waals surface area contributed by atoms with Gasteiger partial charge in [0.15, 0.2) is 0 Å². The zero-order chi connectivity index (χ0) is 13.0. The lowest BCUT2D eigenvalue weighted by molar-refractivity contribution is 0.322. The van der Waals surface area contributed by atoms with Gasteiger partial charge in [0.25, 0.3) is 0 Å². The van der Waals surface area contributed by atoms with Crippen LogP contribution in [-0.2, 0) is 0 Å². The molecule has 0 aromatic heterocycles. The molecule has 2 N–H and O–H groups in total. The largest absolute Gasteiger partial charge is 0.324 e. The van der Waals surface area contributed by atoms with Crippen LogP contribution in [0.1, 0.15) is 56.6 Å². The van der Waals surface area contributed by atoms with E-state index in [1.807, 2.05) is 0 Å². The van der Waals surface area contributed by atoms with Gasteiger partial charge in [0.05, 0.1) is 0 Å². The molecule has 0 amide bonds. The summed E-state index contributed by atoms with van der Waals surface area (Å²) in [6.45, 7) is 0. The zero-order valence-electron chi connectivity index (χ0n) is 10.7. The Hall–Kier alpha value is -0.600. The molecular formula is C15H21ClFN. The molecule has 0 saturated heterocycles. The van der Waals surface area contributed by atoms with E-state index >= 15 is 0 Å². The molecule has 1 aromatic rings. The molecule has 0 spiro atoms. The van der Waals surface area contributed by atoms with Crippen LogP contribution >= 0.6 is 11.6 Å². The molecule has 1 unspecified atom stereocenters. The molecule has 0 bridgehead atoms. The van der Waals surface area contributed by atoms with E-state index in [0.29, 0.717) is 16.5 Å². The van der Waals surface area contributed by atoms with Crippen LogP contribution in [0.4, 0.5) is 4.39 Å². The van der Waals surface area contributed by atoms with Crippen LogP contribution in [-0.4, -0.2) is 0 Å². The van der Waals surface area contributed by atoms with Crippen molar-refractivity contribution in [2.45, 2.75) is 51.0 Å². The monoisotopic (exact) mass is 269 g/mol. The summed E-state index contributed by atoms with van der Waals surface area (Å²) in [5, 5.41) is 0.432. The van der Waals surface area contributed by atoms with Crippen molar-refractivity contribution in [1.82, 2.24) is 0 Å². The van der Waals surface area contributed by atoms with Gasteiger partial charge < -0.3 is 5.73 Å². The second kappa shape index (κ2) is 6.53. The molecule has 1 aliphatic carbocycles. The average Bonchev–Trinajstić information content (AvgIpc) is 2.27. The Labute approximate surface area is 114 Å². The van der Waals surface area contributed by atoms with Gasteiger partial charge in [0, 0.05) is 16.6 Å². The zero-order valence-corrected chi connectivity index (χ0v) is 11.4. The maximum Gasteiger partial charge on any atom is 0.129 e. The highest BCUT2D eigenvalue weighted by Crippen LogP contribution is 2.33. The maximum atomic E-state index is 13.9. The molecule has 0 heterocycles. The summed E-state index contributed by atoms with van der Waals surface area (Å²) < 4.78 is 13.9. The summed E-state index contributed by atoms with van der Waals surface area (Å²) in [6, 6.07) is 4.63. The minimum atomic E-state index is -0.267. The molecule has 1 fully saturated rings. The quantitative estimate of drug-likeness (QED) is 0.817. The molecule has 3 heteroatoms. The van der Waals surface area contributed by atoms with Crippen molar-refractivity contribution in [3.05, 3.63) is 34.6 Å². The Bertz CT molecular complexity index is 386. The third kappa shape index (κ3) is 3.46. The number of hydrogen-bond acceptors (Lipinski definition) is 1. The highest BCUT2D eigenvalue weighted by Gasteiger charge is 2.22. The molecule has 100 valence electrons. The van der Waals surface area contributed by atoms with Gasteiger partial charge in [-0.15, -0.1) is 0 Å². The number of benzene rings is 1. The van der Waals surface area contributed by atoms with E-state index in [9.17, 15) is 4.39 Å². The van der Waals surface area contributed by atoms with Crippen LogP contribution in [0.5, 0.6) is 0 Å². The number of halogens is 2. The molecule has 18 heavy (non-hydrogen) atoms. The Morgan fingerprint density at radius 2 is 1.72 bits per heavy atom. The van der Waals surface area contributed by atoms with Crippen molar-refractivity contribution in [2.24, 2.45) is 11.7 Å². The van der Waals surface area contributed by atoms with E-state index in [1.54, 1.807) is 12.1 Å². The molecule has 1 nitrogen and oxygen atoms in total. The van der Waals surface area contributed by atoms with Gasteiger partial charge in [-0.3, -0.25) is 0 Å². The molecule has 1 saturated carbocycles. The molecular weight excluding hydrogens is 249 g/mol.